The van der Waals surface area contributed by atoms with E-state index in [9.17, 15) is 0 Å². The van der Waals surface area contributed by atoms with Crippen molar-refractivity contribution < 1.29 is 4.74 Å². The molecule has 0 saturated heterocycles. The van der Waals surface area contributed by atoms with E-state index in [1.54, 1.807) is 0 Å². The van der Waals surface area contributed by atoms with Crippen LogP contribution < -0.4 is 20.3 Å². The van der Waals surface area contributed by atoms with Crippen LogP contribution in [0.25, 0.3) is 10.9 Å². The maximum atomic E-state index is 6.16. The van der Waals surface area contributed by atoms with E-state index in [2.05, 4.69) is 77.9 Å². The highest BCUT2D eigenvalue weighted by atomic mass is 16.5. The number of nitrogens with one attached hydrogen (secondary N) is 2. The summed E-state index contributed by atoms with van der Waals surface area (Å²) in [5, 5.41) is 8.43. The molecule has 3 aromatic carbocycles. The van der Waals surface area contributed by atoms with Crippen LogP contribution in [0.3, 0.4) is 0 Å². The molecule has 204 valence electrons. The summed E-state index contributed by atoms with van der Waals surface area (Å²) in [6, 6.07) is 23.5. The lowest BCUT2D eigenvalue weighted by Gasteiger charge is -2.29. The van der Waals surface area contributed by atoms with Crippen molar-refractivity contribution in [3.05, 3.63) is 89.0 Å². The Morgan fingerprint density at radius 1 is 0.846 bits per heavy atom. The van der Waals surface area contributed by atoms with Gasteiger partial charge in [-0.15, -0.1) is 0 Å². The molecule has 1 aliphatic rings. The van der Waals surface area contributed by atoms with Crippen molar-refractivity contribution in [3.63, 3.8) is 0 Å². The third-order valence-corrected chi connectivity index (χ3v) is 7.69. The Morgan fingerprint density at radius 3 is 2.26 bits per heavy atom. The molecule has 6 nitrogen and oxygen atoms in total. The summed E-state index contributed by atoms with van der Waals surface area (Å²) in [7, 11) is 4.07. The molecule has 0 atom stereocenters. The summed E-state index contributed by atoms with van der Waals surface area (Å²) in [6.45, 7) is 6.82. The quantitative estimate of drug-likeness (QED) is 0.243. The van der Waals surface area contributed by atoms with Gasteiger partial charge >= 0.3 is 0 Å². The number of para-hydroxylation sites is 1. The smallest absolute Gasteiger partial charge is 0.225 e. The van der Waals surface area contributed by atoms with Crippen LogP contribution in [-0.2, 0) is 13.2 Å². The molecule has 5 rings (SSSR count). The fourth-order valence-corrected chi connectivity index (χ4v) is 5.68. The van der Waals surface area contributed by atoms with Gasteiger partial charge in [0.15, 0.2) is 0 Å². The molecule has 1 saturated carbocycles. The van der Waals surface area contributed by atoms with Gasteiger partial charge in [-0.1, -0.05) is 54.6 Å². The summed E-state index contributed by atoms with van der Waals surface area (Å²) in [6.07, 6.45) is 4.71. The fourth-order valence-electron chi connectivity index (χ4n) is 5.68. The number of aryl methyl sites for hydroxylation is 2. The average molecular weight is 524 g/mol. The molecule has 39 heavy (non-hydrogen) atoms. The van der Waals surface area contributed by atoms with Crippen molar-refractivity contribution in [1.29, 1.82) is 0 Å². The van der Waals surface area contributed by atoms with Crippen molar-refractivity contribution in [2.75, 3.05) is 30.9 Å². The number of aromatic nitrogens is 2. The van der Waals surface area contributed by atoms with Crippen LogP contribution in [0, 0.1) is 19.8 Å². The first-order valence-corrected chi connectivity index (χ1v) is 14.1. The molecule has 1 aliphatic carbocycles. The second-order valence-corrected chi connectivity index (χ2v) is 11.1. The monoisotopic (exact) mass is 523 g/mol. The predicted octanol–water partition coefficient (Wildman–Crippen LogP) is 6.65. The van der Waals surface area contributed by atoms with Crippen LogP contribution >= 0.6 is 0 Å². The highest BCUT2D eigenvalue weighted by molar-refractivity contribution is 5.90. The highest BCUT2D eigenvalue weighted by Gasteiger charge is 2.22. The summed E-state index contributed by atoms with van der Waals surface area (Å²) in [5.41, 5.74) is 5.88. The predicted molar refractivity (Wildman–Crippen MR) is 162 cm³/mol. The number of fused-ring (bicyclic) bond motifs is 1. The zero-order chi connectivity index (χ0) is 27.2. The number of hydrogen-bond acceptors (Lipinski definition) is 6. The van der Waals surface area contributed by atoms with Crippen molar-refractivity contribution in [2.45, 2.75) is 58.7 Å². The molecular weight excluding hydrogens is 482 g/mol. The van der Waals surface area contributed by atoms with E-state index in [4.69, 9.17) is 14.7 Å². The van der Waals surface area contributed by atoms with Gasteiger partial charge in [0.05, 0.1) is 5.52 Å². The minimum Gasteiger partial charge on any atom is -0.488 e. The number of ether oxygens (including phenoxy) is 1. The van der Waals surface area contributed by atoms with E-state index in [1.807, 2.05) is 32.3 Å². The first kappa shape index (κ1) is 26.9. The Bertz CT molecular complexity index is 1360. The van der Waals surface area contributed by atoms with Gasteiger partial charge in [0, 0.05) is 32.1 Å². The van der Waals surface area contributed by atoms with Gasteiger partial charge < -0.3 is 20.3 Å². The van der Waals surface area contributed by atoms with E-state index in [-0.39, 0.29) is 0 Å². The van der Waals surface area contributed by atoms with Crippen molar-refractivity contribution in [3.8, 4) is 5.75 Å². The molecule has 0 unspecified atom stereocenters. The van der Waals surface area contributed by atoms with Gasteiger partial charge in [0.25, 0.3) is 0 Å². The van der Waals surface area contributed by atoms with Crippen LogP contribution in [-0.4, -0.2) is 36.6 Å². The lowest BCUT2D eigenvalue weighted by molar-refractivity contribution is 0.301. The minimum atomic E-state index is 0.422. The number of rotatable bonds is 10. The third kappa shape index (κ3) is 6.87. The highest BCUT2D eigenvalue weighted by Crippen LogP contribution is 2.29. The molecule has 6 heteroatoms. The number of hydrogen-bond donors (Lipinski definition) is 2. The maximum Gasteiger partial charge on any atom is 0.225 e. The van der Waals surface area contributed by atoms with E-state index >= 15 is 0 Å². The summed E-state index contributed by atoms with van der Waals surface area (Å²) in [5.74, 6) is 3.40. The van der Waals surface area contributed by atoms with Gasteiger partial charge in [-0.25, -0.2) is 4.98 Å². The normalized spacial score (nSPS) is 17.2. The van der Waals surface area contributed by atoms with E-state index < -0.39 is 0 Å². The molecule has 1 fully saturated rings. The van der Waals surface area contributed by atoms with Crippen LogP contribution in [0.4, 0.5) is 11.8 Å². The maximum absolute atomic E-state index is 6.16. The average Bonchev–Trinajstić information content (AvgIpc) is 2.93. The number of benzene rings is 3. The lowest BCUT2D eigenvalue weighted by Crippen LogP contribution is -2.31. The molecule has 1 aromatic heterocycles. The van der Waals surface area contributed by atoms with Gasteiger partial charge in [0.2, 0.25) is 5.95 Å². The number of anilines is 2. The van der Waals surface area contributed by atoms with Gasteiger partial charge in [-0.3, -0.25) is 0 Å². The fraction of sp³-hybridized carbons (Fsp3) is 0.394. The van der Waals surface area contributed by atoms with Crippen molar-refractivity contribution >= 4 is 22.7 Å². The van der Waals surface area contributed by atoms with Gasteiger partial charge in [0.1, 0.15) is 18.2 Å². The SMILES string of the molecule is Cc1cc(CNC[C@H]2CC[C@@H](Nc3nc(N(C)C)c4ccccc4n3)CC2)cc(C)c1OCc1ccccc1. The Kier molecular flexibility index (Phi) is 8.62. The minimum absolute atomic E-state index is 0.422. The van der Waals surface area contributed by atoms with Crippen LogP contribution in [0.5, 0.6) is 5.75 Å². The third-order valence-electron chi connectivity index (χ3n) is 7.69. The standard InChI is InChI=1S/C33H41N5O/c1-23-18-27(19-24(2)31(23)39-22-26-10-6-5-7-11-26)21-34-20-25-14-16-28(17-15-25)35-33-36-30-13-9-8-12-29(30)32(37-33)38(3)4/h5-13,18-19,25,28,34H,14-17,20-22H2,1-4H3,(H,35,36,37)/t25-,28+. The molecule has 0 spiro atoms. The molecule has 2 N–H and O–H groups in total. The number of nitrogens with zero attached hydrogens (tertiary/aromatic N) is 3. The first-order chi connectivity index (χ1) is 19.0. The van der Waals surface area contributed by atoms with E-state index in [1.165, 1.54) is 35.1 Å². The van der Waals surface area contributed by atoms with E-state index in [0.29, 0.717) is 18.6 Å². The summed E-state index contributed by atoms with van der Waals surface area (Å²) >= 11 is 0. The zero-order valence-electron chi connectivity index (χ0n) is 23.7. The molecule has 0 aliphatic heterocycles. The van der Waals surface area contributed by atoms with Crippen molar-refractivity contribution in [1.82, 2.24) is 15.3 Å². The molecule has 4 aromatic rings. The Balaban J connectivity index is 1.09. The second kappa shape index (κ2) is 12.5. The van der Waals surface area contributed by atoms with Gasteiger partial charge in [-0.05, 0) is 86.4 Å². The summed E-state index contributed by atoms with van der Waals surface area (Å²) in [4.78, 5) is 11.7. The molecular formula is C33H41N5O. The van der Waals surface area contributed by atoms with E-state index in [0.717, 1.165) is 54.3 Å². The lowest BCUT2D eigenvalue weighted by atomic mass is 9.86. The molecule has 0 radical (unpaired) electrons. The Hall–Kier alpha value is -3.64. The van der Waals surface area contributed by atoms with Gasteiger partial charge in [-0.2, -0.15) is 4.98 Å². The Labute approximate surface area is 232 Å². The topological polar surface area (TPSA) is 62.3 Å². The largest absolute Gasteiger partial charge is 0.488 e. The van der Waals surface area contributed by atoms with Crippen LogP contribution in [0.1, 0.15) is 47.9 Å². The Morgan fingerprint density at radius 2 is 1.54 bits per heavy atom. The zero-order valence-corrected chi connectivity index (χ0v) is 23.7. The summed E-state index contributed by atoms with van der Waals surface area (Å²) < 4.78 is 6.16. The molecule has 0 bridgehead atoms. The van der Waals surface area contributed by atoms with Crippen LogP contribution in [0.2, 0.25) is 0 Å². The second-order valence-electron chi connectivity index (χ2n) is 11.1. The van der Waals surface area contributed by atoms with Crippen molar-refractivity contribution in [2.24, 2.45) is 5.92 Å². The molecule has 0 amide bonds. The first-order valence-electron chi connectivity index (χ1n) is 14.1. The van der Waals surface area contributed by atoms with Crippen LogP contribution in [0.15, 0.2) is 66.7 Å². The molecule has 1 heterocycles.